The van der Waals surface area contributed by atoms with Crippen LogP contribution in [0.4, 0.5) is 0 Å². The Morgan fingerprint density at radius 2 is 1.79 bits per heavy atom. The van der Waals surface area contributed by atoms with Crippen molar-refractivity contribution in [2.24, 2.45) is 0 Å². The fourth-order valence-electron chi connectivity index (χ4n) is 2.53. The highest BCUT2D eigenvalue weighted by Crippen LogP contribution is 2.18. The summed E-state index contributed by atoms with van der Waals surface area (Å²) in [4.78, 5) is 17.2. The van der Waals surface area contributed by atoms with Crippen LogP contribution in [-0.4, -0.2) is 53.1 Å². The van der Waals surface area contributed by atoms with Gasteiger partial charge >= 0.3 is 0 Å². The third-order valence-corrected chi connectivity index (χ3v) is 5.89. The molecule has 0 bridgehead atoms. The van der Waals surface area contributed by atoms with Crippen molar-refractivity contribution in [1.29, 1.82) is 0 Å². The maximum absolute atomic E-state index is 12.4. The molecule has 7 heteroatoms. The van der Waals surface area contributed by atoms with E-state index < -0.39 is 10.8 Å². The average Bonchev–Trinajstić information content (AvgIpc) is 3.04. The standard InChI is InChI=1S/C17H19BrN2O3S/c1-19-8-10-20(11-9-19)17(21)16-7-4-14(23-16)12-24(22)15-5-2-13(18)3-6-15/h2-7H,8-12H2,1H3. The van der Waals surface area contributed by atoms with Crippen LogP contribution in [0.2, 0.25) is 0 Å². The lowest BCUT2D eigenvalue weighted by Crippen LogP contribution is -2.47. The summed E-state index contributed by atoms with van der Waals surface area (Å²) in [6.45, 7) is 3.14. The van der Waals surface area contributed by atoms with Gasteiger partial charge in [0.2, 0.25) is 0 Å². The third-order valence-electron chi connectivity index (χ3n) is 4.01. The Labute approximate surface area is 152 Å². The maximum Gasteiger partial charge on any atom is 0.289 e. The van der Waals surface area contributed by atoms with Crippen LogP contribution in [-0.2, 0) is 16.6 Å². The molecule has 2 aromatic rings. The number of likely N-dealkylation sites (N-methyl/N-ethyl adjacent to an activating group) is 1. The van der Waals surface area contributed by atoms with E-state index in [4.69, 9.17) is 4.42 Å². The van der Waals surface area contributed by atoms with Crippen molar-refractivity contribution in [1.82, 2.24) is 9.80 Å². The molecule has 0 radical (unpaired) electrons. The zero-order chi connectivity index (χ0) is 17.1. The number of hydrogen-bond donors (Lipinski definition) is 0. The molecule has 1 saturated heterocycles. The number of amides is 1. The molecular formula is C17H19BrN2O3S. The monoisotopic (exact) mass is 410 g/mol. The molecule has 128 valence electrons. The summed E-state index contributed by atoms with van der Waals surface area (Å²) in [5.74, 6) is 1.05. The molecule has 1 aromatic carbocycles. The Morgan fingerprint density at radius 3 is 2.46 bits per heavy atom. The first-order valence-electron chi connectivity index (χ1n) is 7.73. The molecule has 0 N–H and O–H groups in total. The molecule has 2 heterocycles. The van der Waals surface area contributed by atoms with Crippen molar-refractivity contribution in [3.05, 3.63) is 52.4 Å². The van der Waals surface area contributed by atoms with Gasteiger partial charge in [0.15, 0.2) is 5.76 Å². The smallest absolute Gasteiger partial charge is 0.289 e. The van der Waals surface area contributed by atoms with Crippen LogP contribution in [0.1, 0.15) is 16.3 Å². The van der Waals surface area contributed by atoms with Gasteiger partial charge in [-0.15, -0.1) is 0 Å². The number of carbonyl (C=O) groups excluding carboxylic acids is 1. The van der Waals surface area contributed by atoms with Gasteiger partial charge in [-0.1, -0.05) is 15.9 Å². The van der Waals surface area contributed by atoms with Crippen LogP contribution in [0.5, 0.6) is 0 Å². The lowest BCUT2D eigenvalue weighted by Gasteiger charge is -2.31. The van der Waals surface area contributed by atoms with Crippen molar-refractivity contribution in [3.63, 3.8) is 0 Å². The number of carbonyl (C=O) groups is 1. The lowest BCUT2D eigenvalue weighted by atomic mass is 10.3. The molecule has 1 fully saturated rings. The minimum atomic E-state index is -1.20. The van der Waals surface area contributed by atoms with Gasteiger partial charge in [-0.05, 0) is 43.4 Å². The first-order chi connectivity index (χ1) is 11.5. The molecule has 0 saturated carbocycles. The van der Waals surface area contributed by atoms with E-state index in [9.17, 15) is 9.00 Å². The summed E-state index contributed by atoms with van der Waals surface area (Å²) in [5, 5.41) is 0. The maximum atomic E-state index is 12.4. The van der Waals surface area contributed by atoms with E-state index in [0.717, 1.165) is 22.5 Å². The highest BCUT2D eigenvalue weighted by Gasteiger charge is 2.23. The molecule has 1 aliphatic rings. The topological polar surface area (TPSA) is 53.8 Å². The zero-order valence-corrected chi connectivity index (χ0v) is 15.8. The Kier molecular flexibility index (Phi) is 5.53. The third kappa shape index (κ3) is 4.15. The van der Waals surface area contributed by atoms with Gasteiger partial charge in [-0.25, -0.2) is 0 Å². The van der Waals surface area contributed by atoms with Crippen molar-refractivity contribution >= 4 is 32.6 Å². The molecule has 24 heavy (non-hydrogen) atoms. The fourth-order valence-corrected chi connectivity index (χ4v) is 3.82. The van der Waals surface area contributed by atoms with Gasteiger partial charge in [0.25, 0.3) is 5.91 Å². The van der Waals surface area contributed by atoms with Gasteiger partial charge in [-0.2, -0.15) is 0 Å². The number of nitrogens with zero attached hydrogens (tertiary/aromatic N) is 2. The van der Waals surface area contributed by atoms with Crippen molar-refractivity contribution in [2.75, 3.05) is 33.2 Å². The van der Waals surface area contributed by atoms with Crippen LogP contribution in [0, 0.1) is 0 Å². The van der Waals surface area contributed by atoms with E-state index in [1.54, 1.807) is 17.0 Å². The molecule has 5 nitrogen and oxygen atoms in total. The summed E-state index contributed by atoms with van der Waals surface area (Å²) in [5.41, 5.74) is 0. The minimum absolute atomic E-state index is 0.0937. The molecule has 3 rings (SSSR count). The predicted octanol–water partition coefficient (Wildman–Crippen LogP) is 2.74. The Morgan fingerprint density at radius 1 is 1.12 bits per heavy atom. The first kappa shape index (κ1) is 17.4. The lowest BCUT2D eigenvalue weighted by molar-refractivity contribution is 0.0631. The number of piperazine rings is 1. The van der Waals surface area contributed by atoms with E-state index in [0.29, 0.717) is 24.6 Å². The molecule has 1 aromatic heterocycles. The normalized spacial score (nSPS) is 17.0. The van der Waals surface area contributed by atoms with E-state index in [-0.39, 0.29) is 11.7 Å². The van der Waals surface area contributed by atoms with Crippen LogP contribution in [0.3, 0.4) is 0 Å². The Hall–Kier alpha value is -1.44. The van der Waals surface area contributed by atoms with Crippen molar-refractivity contribution in [2.45, 2.75) is 10.6 Å². The molecule has 0 aliphatic carbocycles. The number of benzene rings is 1. The second kappa shape index (κ2) is 7.63. The summed E-state index contributed by atoms with van der Waals surface area (Å²) >= 11 is 3.36. The predicted molar refractivity (Wildman–Crippen MR) is 96.4 cm³/mol. The van der Waals surface area contributed by atoms with E-state index in [1.165, 1.54) is 0 Å². The number of furan rings is 1. The van der Waals surface area contributed by atoms with Gasteiger partial charge < -0.3 is 14.2 Å². The largest absolute Gasteiger partial charge is 0.455 e. The second-order valence-corrected chi connectivity index (χ2v) is 8.17. The summed E-state index contributed by atoms with van der Waals surface area (Å²) in [6, 6.07) is 10.8. The highest BCUT2D eigenvalue weighted by atomic mass is 79.9. The first-order valence-corrected chi connectivity index (χ1v) is 9.84. The molecule has 0 spiro atoms. The van der Waals surface area contributed by atoms with Crippen LogP contribution in [0.25, 0.3) is 0 Å². The van der Waals surface area contributed by atoms with E-state index in [2.05, 4.69) is 20.8 Å². The average molecular weight is 411 g/mol. The quantitative estimate of drug-likeness (QED) is 0.777. The zero-order valence-electron chi connectivity index (χ0n) is 13.4. The highest BCUT2D eigenvalue weighted by molar-refractivity contribution is 9.10. The van der Waals surface area contributed by atoms with Crippen molar-refractivity contribution < 1.29 is 13.4 Å². The Balaban J connectivity index is 1.63. The van der Waals surface area contributed by atoms with Crippen molar-refractivity contribution in [3.8, 4) is 0 Å². The molecule has 1 unspecified atom stereocenters. The minimum Gasteiger partial charge on any atom is -0.455 e. The fraction of sp³-hybridized carbons (Fsp3) is 0.353. The molecule has 1 aliphatic heterocycles. The van der Waals surface area contributed by atoms with Crippen LogP contribution < -0.4 is 0 Å². The van der Waals surface area contributed by atoms with Gasteiger partial charge in [0, 0.05) is 35.5 Å². The van der Waals surface area contributed by atoms with E-state index >= 15 is 0 Å². The van der Waals surface area contributed by atoms with E-state index in [1.807, 2.05) is 31.3 Å². The van der Waals surface area contributed by atoms with Gasteiger partial charge in [0.05, 0.1) is 16.6 Å². The SMILES string of the molecule is CN1CCN(C(=O)c2ccc(CS(=O)c3ccc(Br)cc3)o2)CC1. The Bertz CT molecular complexity index is 737. The summed E-state index contributed by atoms with van der Waals surface area (Å²) < 4.78 is 19.0. The van der Waals surface area contributed by atoms with Gasteiger partial charge in [0.1, 0.15) is 5.76 Å². The number of halogens is 1. The molecule has 1 atom stereocenters. The second-order valence-electron chi connectivity index (χ2n) is 5.81. The van der Waals surface area contributed by atoms with Crippen LogP contribution >= 0.6 is 15.9 Å². The van der Waals surface area contributed by atoms with Gasteiger partial charge in [-0.3, -0.25) is 9.00 Å². The number of rotatable bonds is 4. The summed E-state index contributed by atoms with van der Waals surface area (Å²) in [7, 11) is 0.848. The summed E-state index contributed by atoms with van der Waals surface area (Å²) in [6.07, 6.45) is 0. The number of hydrogen-bond acceptors (Lipinski definition) is 4. The molecule has 1 amide bonds. The van der Waals surface area contributed by atoms with Crippen LogP contribution in [0.15, 0.2) is 50.2 Å². The molecular weight excluding hydrogens is 392 g/mol.